The first-order valence-corrected chi connectivity index (χ1v) is 9.36. The maximum absolute atomic E-state index is 15.0. The smallest absolute Gasteiger partial charge is 0.380 e. The fourth-order valence-corrected chi connectivity index (χ4v) is 4.16. The average molecular weight is 436 g/mol. The number of alkyl halides is 6. The van der Waals surface area contributed by atoms with E-state index in [0.717, 1.165) is 0 Å². The molecule has 0 spiro atoms. The van der Waals surface area contributed by atoms with Crippen LogP contribution in [0.4, 0.5) is 26.3 Å². The predicted molar refractivity (Wildman–Crippen MR) is 104 cm³/mol. The highest BCUT2D eigenvalue weighted by atomic mass is 19.3. The molecule has 0 saturated carbocycles. The second-order valence-electron chi connectivity index (χ2n) is 7.58. The molecule has 0 unspecified atom stereocenters. The highest BCUT2D eigenvalue weighted by molar-refractivity contribution is 6.04. The van der Waals surface area contributed by atoms with Gasteiger partial charge in [-0.05, 0) is 26.0 Å². The summed E-state index contributed by atoms with van der Waals surface area (Å²) in [5.41, 5.74) is -2.75. The first-order valence-electron chi connectivity index (χ1n) is 9.36. The summed E-state index contributed by atoms with van der Waals surface area (Å²) in [6, 6.07) is 12.3. The van der Waals surface area contributed by atoms with E-state index in [-0.39, 0.29) is 22.3 Å². The lowest BCUT2D eigenvalue weighted by Crippen LogP contribution is -2.48. The molecule has 8 heteroatoms. The van der Waals surface area contributed by atoms with Gasteiger partial charge in [0.1, 0.15) is 22.7 Å². The maximum Gasteiger partial charge on any atom is 0.380 e. The Hall–Kier alpha value is -3.16. The van der Waals surface area contributed by atoms with Crippen LogP contribution in [-0.4, -0.2) is 17.8 Å². The minimum absolute atomic E-state index is 0.0602. The SMILES string of the molecule is Cc1c(C2=C(c3oc4ccccc4c3C)C(F)(F)C(F)(F)C2(F)F)oc2ccccc12. The van der Waals surface area contributed by atoms with Crippen LogP contribution in [0.2, 0.25) is 0 Å². The van der Waals surface area contributed by atoms with Crippen LogP contribution in [-0.2, 0) is 0 Å². The van der Waals surface area contributed by atoms with Crippen LogP contribution >= 0.6 is 0 Å². The van der Waals surface area contributed by atoms with E-state index in [9.17, 15) is 8.78 Å². The van der Waals surface area contributed by atoms with Crippen molar-refractivity contribution in [3.63, 3.8) is 0 Å². The number of aryl methyl sites for hydroxylation is 2. The molecule has 2 aromatic carbocycles. The summed E-state index contributed by atoms with van der Waals surface area (Å²) in [7, 11) is 0. The van der Waals surface area contributed by atoms with Gasteiger partial charge in [-0.25, -0.2) is 0 Å². The first-order chi connectivity index (χ1) is 14.5. The van der Waals surface area contributed by atoms with Gasteiger partial charge in [-0.1, -0.05) is 36.4 Å². The van der Waals surface area contributed by atoms with Crippen molar-refractivity contribution >= 4 is 33.1 Å². The Labute approximate surface area is 171 Å². The number of hydrogen-bond donors (Lipinski definition) is 0. The molecule has 1 aliphatic rings. The van der Waals surface area contributed by atoms with E-state index in [4.69, 9.17) is 8.83 Å². The Bertz CT molecular complexity index is 1290. The van der Waals surface area contributed by atoms with Gasteiger partial charge in [0.05, 0.1) is 11.1 Å². The zero-order valence-corrected chi connectivity index (χ0v) is 16.2. The molecule has 0 N–H and O–H groups in total. The van der Waals surface area contributed by atoms with Gasteiger partial charge in [0.25, 0.3) is 0 Å². The summed E-state index contributed by atoms with van der Waals surface area (Å²) >= 11 is 0. The summed E-state index contributed by atoms with van der Waals surface area (Å²) in [5.74, 6) is -17.5. The summed E-state index contributed by atoms with van der Waals surface area (Å²) in [4.78, 5) is 0. The van der Waals surface area contributed by atoms with Crippen LogP contribution in [0, 0.1) is 13.8 Å². The molecule has 2 heterocycles. The Morgan fingerprint density at radius 3 is 1.29 bits per heavy atom. The van der Waals surface area contributed by atoms with Crippen molar-refractivity contribution in [1.82, 2.24) is 0 Å². The van der Waals surface area contributed by atoms with Gasteiger partial charge < -0.3 is 8.83 Å². The summed E-state index contributed by atoms with van der Waals surface area (Å²) in [5, 5.41) is 0.722. The van der Waals surface area contributed by atoms with Gasteiger partial charge >= 0.3 is 17.8 Å². The largest absolute Gasteiger partial charge is 0.456 e. The standard InChI is InChI=1S/C23H14F6O2/c1-11-13-7-3-5-9-15(13)30-19(11)17-18(22(26,27)23(28,29)21(17,24)25)20-12(2)14-8-4-6-10-16(14)31-20/h3-10H,1-2H3. The van der Waals surface area contributed by atoms with Gasteiger partial charge in [-0.15, -0.1) is 0 Å². The minimum Gasteiger partial charge on any atom is -0.456 e. The van der Waals surface area contributed by atoms with Crippen LogP contribution in [0.15, 0.2) is 57.4 Å². The number of benzene rings is 2. The van der Waals surface area contributed by atoms with Crippen LogP contribution in [0.25, 0.3) is 33.1 Å². The van der Waals surface area contributed by atoms with E-state index in [1.165, 1.54) is 38.1 Å². The fraction of sp³-hybridized carbons (Fsp3) is 0.217. The molecule has 1 aliphatic carbocycles. The third-order valence-corrected chi connectivity index (χ3v) is 5.81. The first kappa shape index (κ1) is 19.8. The minimum atomic E-state index is -5.68. The van der Waals surface area contributed by atoms with Crippen molar-refractivity contribution in [1.29, 1.82) is 0 Å². The number of para-hydroxylation sites is 2. The molecule has 0 amide bonds. The fourth-order valence-electron chi connectivity index (χ4n) is 4.16. The second-order valence-corrected chi connectivity index (χ2v) is 7.58. The van der Waals surface area contributed by atoms with Crippen LogP contribution in [0.3, 0.4) is 0 Å². The second kappa shape index (κ2) is 5.96. The van der Waals surface area contributed by atoms with E-state index >= 15 is 17.6 Å². The number of fused-ring (bicyclic) bond motifs is 2. The number of hydrogen-bond acceptors (Lipinski definition) is 2. The Balaban J connectivity index is 1.94. The van der Waals surface area contributed by atoms with E-state index in [1.807, 2.05) is 0 Å². The number of allylic oxidation sites excluding steroid dienone is 2. The molecule has 0 radical (unpaired) electrons. The zero-order valence-electron chi connectivity index (χ0n) is 16.2. The molecule has 31 heavy (non-hydrogen) atoms. The van der Waals surface area contributed by atoms with E-state index in [1.54, 1.807) is 24.3 Å². The van der Waals surface area contributed by atoms with Gasteiger partial charge in [0, 0.05) is 21.9 Å². The van der Waals surface area contributed by atoms with Crippen LogP contribution < -0.4 is 0 Å². The van der Waals surface area contributed by atoms with E-state index in [0.29, 0.717) is 10.8 Å². The van der Waals surface area contributed by atoms with E-state index in [2.05, 4.69) is 0 Å². The summed E-state index contributed by atoms with van der Waals surface area (Å²) in [6.07, 6.45) is 0. The quantitative estimate of drug-likeness (QED) is 0.302. The molecule has 4 aromatic rings. The Morgan fingerprint density at radius 1 is 0.581 bits per heavy atom. The lowest BCUT2D eigenvalue weighted by molar-refractivity contribution is -0.254. The zero-order chi connectivity index (χ0) is 22.3. The predicted octanol–water partition coefficient (Wildman–Crippen LogP) is 7.63. The number of rotatable bonds is 2. The third kappa shape index (κ3) is 2.30. The Morgan fingerprint density at radius 2 is 0.935 bits per heavy atom. The third-order valence-electron chi connectivity index (χ3n) is 5.81. The van der Waals surface area contributed by atoms with Gasteiger partial charge in [-0.3, -0.25) is 0 Å². The molecule has 0 aliphatic heterocycles. The van der Waals surface area contributed by atoms with Crippen molar-refractivity contribution in [3.05, 3.63) is 71.2 Å². The van der Waals surface area contributed by atoms with Crippen molar-refractivity contribution in [2.24, 2.45) is 0 Å². The molecule has 0 saturated heterocycles. The normalized spacial score (nSPS) is 19.6. The molecule has 2 aromatic heterocycles. The van der Waals surface area contributed by atoms with Crippen molar-refractivity contribution < 1.29 is 35.2 Å². The monoisotopic (exact) mass is 436 g/mol. The number of halogens is 6. The number of furan rings is 2. The summed E-state index contributed by atoms with van der Waals surface area (Å²) < 4.78 is 99.9. The molecule has 160 valence electrons. The van der Waals surface area contributed by atoms with Crippen LogP contribution in [0.5, 0.6) is 0 Å². The maximum atomic E-state index is 15.0. The molecular weight excluding hydrogens is 422 g/mol. The highest BCUT2D eigenvalue weighted by Crippen LogP contribution is 2.65. The molecule has 2 nitrogen and oxygen atoms in total. The molecule has 0 atom stereocenters. The Kier molecular flexibility index (Phi) is 3.80. The van der Waals surface area contributed by atoms with Crippen molar-refractivity contribution in [2.45, 2.75) is 31.6 Å². The molecule has 0 fully saturated rings. The lowest BCUT2D eigenvalue weighted by Gasteiger charge is -2.25. The highest BCUT2D eigenvalue weighted by Gasteiger charge is 2.81. The van der Waals surface area contributed by atoms with Gasteiger partial charge in [0.15, 0.2) is 0 Å². The van der Waals surface area contributed by atoms with Crippen molar-refractivity contribution in [3.8, 4) is 0 Å². The summed E-state index contributed by atoms with van der Waals surface area (Å²) in [6.45, 7) is 2.73. The lowest BCUT2D eigenvalue weighted by atomic mass is 9.98. The molecular formula is C23H14F6O2. The topological polar surface area (TPSA) is 26.3 Å². The van der Waals surface area contributed by atoms with Gasteiger partial charge in [0.2, 0.25) is 0 Å². The van der Waals surface area contributed by atoms with E-state index < -0.39 is 40.4 Å². The average Bonchev–Trinajstić information content (AvgIpc) is 3.25. The van der Waals surface area contributed by atoms with Crippen molar-refractivity contribution in [2.75, 3.05) is 0 Å². The van der Waals surface area contributed by atoms with Crippen LogP contribution in [0.1, 0.15) is 22.6 Å². The molecule has 0 bridgehead atoms. The molecule has 5 rings (SSSR count). The van der Waals surface area contributed by atoms with Gasteiger partial charge in [-0.2, -0.15) is 26.3 Å².